The Morgan fingerprint density at radius 1 is 1.19 bits per heavy atom. The molecule has 8 nitrogen and oxygen atoms in total. The summed E-state index contributed by atoms with van der Waals surface area (Å²) in [7, 11) is 0. The lowest BCUT2D eigenvalue weighted by atomic mass is 10.1. The van der Waals surface area contributed by atoms with Crippen LogP contribution in [-0.2, 0) is 16.1 Å². The molecule has 0 saturated heterocycles. The van der Waals surface area contributed by atoms with Crippen molar-refractivity contribution < 1.29 is 23.9 Å². The normalized spacial score (nSPS) is 13.9. The van der Waals surface area contributed by atoms with Crippen LogP contribution in [-0.4, -0.2) is 23.4 Å². The zero-order valence-corrected chi connectivity index (χ0v) is 23.2. The molecule has 0 fully saturated rings. The van der Waals surface area contributed by atoms with Crippen molar-refractivity contribution in [1.29, 1.82) is 0 Å². The molecular weight excluding hydrogens is 667 g/mol. The number of halogens is 3. The van der Waals surface area contributed by atoms with Gasteiger partial charge in [-0.1, -0.05) is 45.7 Å². The second kappa shape index (κ2) is 11.4. The highest BCUT2D eigenvalue weighted by atomic mass is 127. The summed E-state index contributed by atoms with van der Waals surface area (Å²) in [5.74, 6) is 0.387. The Kier molecular flexibility index (Phi) is 8.27. The summed E-state index contributed by atoms with van der Waals surface area (Å²) in [6, 6.07) is 15.4. The Labute approximate surface area is 233 Å². The SMILES string of the molecule is CCOc1cc(/C=C2\N=C(c3ccc(Cl)c([N+](=O)[O-])c3)OC2=O)cc(I)c1OCc1ccccc1Br. The van der Waals surface area contributed by atoms with Gasteiger partial charge >= 0.3 is 5.97 Å². The Balaban J connectivity index is 1.63. The van der Waals surface area contributed by atoms with E-state index in [1.54, 1.807) is 12.1 Å². The van der Waals surface area contributed by atoms with E-state index in [1.165, 1.54) is 18.2 Å². The van der Waals surface area contributed by atoms with Crippen molar-refractivity contribution in [2.75, 3.05) is 6.61 Å². The second-order valence-corrected chi connectivity index (χ2v) is 9.83. The van der Waals surface area contributed by atoms with Crippen molar-refractivity contribution >= 4 is 73.8 Å². The monoisotopic (exact) mass is 682 g/mol. The van der Waals surface area contributed by atoms with Gasteiger partial charge in [-0.2, -0.15) is 0 Å². The van der Waals surface area contributed by atoms with Crippen LogP contribution in [0.1, 0.15) is 23.6 Å². The fourth-order valence-electron chi connectivity index (χ4n) is 3.32. The summed E-state index contributed by atoms with van der Waals surface area (Å²) < 4.78 is 18.9. The van der Waals surface area contributed by atoms with Gasteiger partial charge in [0.15, 0.2) is 17.2 Å². The minimum atomic E-state index is -0.676. The molecule has 0 bridgehead atoms. The zero-order chi connectivity index (χ0) is 25.8. The topological polar surface area (TPSA) is 100 Å². The molecule has 0 radical (unpaired) electrons. The van der Waals surface area contributed by atoms with E-state index < -0.39 is 10.9 Å². The molecule has 1 aliphatic rings. The van der Waals surface area contributed by atoms with Crippen molar-refractivity contribution in [3.63, 3.8) is 0 Å². The number of aliphatic imine (C=N–C) groups is 1. The number of rotatable bonds is 8. The van der Waals surface area contributed by atoms with Crippen LogP contribution in [0, 0.1) is 13.7 Å². The third kappa shape index (κ3) is 5.88. The van der Waals surface area contributed by atoms with Gasteiger partial charge in [-0.05, 0) is 71.5 Å². The quantitative estimate of drug-likeness (QED) is 0.0839. The zero-order valence-electron chi connectivity index (χ0n) is 18.7. The van der Waals surface area contributed by atoms with E-state index >= 15 is 0 Å². The molecule has 0 aromatic heterocycles. The Morgan fingerprint density at radius 3 is 2.69 bits per heavy atom. The minimum absolute atomic E-state index is 0.0237. The van der Waals surface area contributed by atoms with Gasteiger partial charge < -0.3 is 14.2 Å². The number of carbonyl (C=O) groups excluding carboxylic acids is 1. The van der Waals surface area contributed by atoms with E-state index in [1.807, 2.05) is 37.3 Å². The summed E-state index contributed by atoms with van der Waals surface area (Å²) in [5.41, 5.74) is 1.64. The van der Waals surface area contributed by atoms with Crippen molar-refractivity contribution in [2.45, 2.75) is 13.5 Å². The average Bonchev–Trinajstić information content (AvgIpc) is 3.20. The van der Waals surface area contributed by atoms with Gasteiger partial charge in [-0.15, -0.1) is 0 Å². The van der Waals surface area contributed by atoms with Gasteiger partial charge in [-0.3, -0.25) is 10.1 Å². The van der Waals surface area contributed by atoms with Crippen LogP contribution in [0.2, 0.25) is 5.02 Å². The highest BCUT2D eigenvalue weighted by molar-refractivity contribution is 14.1. The van der Waals surface area contributed by atoms with E-state index in [9.17, 15) is 14.9 Å². The summed E-state index contributed by atoms with van der Waals surface area (Å²) in [6.07, 6.45) is 1.56. The first-order valence-corrected chi connectivity index (χ1v) is 12.8. The summed E-state index contributed by atoms with van der Waals surface area (Å²) >= 11 is 11.5. The number of hydrogen-bond donors (Lipinski definition) is 0. The Bertz CT molecular complexity index is 1430. The molecule has 0 saturated carbocycles. The van der Waals surface area contributed by atoms with Crippen LogP contribution in [0.4, 0.5) is 5.69 Å². The highest BCUT2D eigenvalue weighted by Gasteiger charge is 2.26. The number of carbonyl (C=O) groups is 1. The number of esters is 1. The summed E-state index contributed by atoms with van der Waals surface area (Å²) in [4.78, 5) is 27.3. The van der Waals surface area contributed by atoms with Crippen LogP contribution < -0.4 is 9.47 Å². The Hall–Kier alpha value is -2.96. The second-order valence-electron chi connectivity index (χ2n) is 7.40. The van der Waals surface area contributed by atoms with Crippen molar-refractivity contribution in [2.24, 2.45) is 4.99 Å². The third-order valence-electron chi connectivity index (χ3n) is 4.98. The van der Waals surface area contributed by atoms with Gasteiger partial charge in [0, 0.05) is 21.7 Å². The number of cyclic esters (lactones) is 1. The molecule has 0 aliphatic carbocycles. The van der Waals surface area contributed by atoms with Crippen molar-refractivity contribution in [3.8, 4) is 11.5 Å². The standard InChI is InChI=1S/C25H17BrClIN2O6/c1-2-34-22-11-14(9-19(28)23(22)35-13-16-5-3-4-6-17(16)26)10-20-25(31)36-24(29-20)15-7-8-18(27)21(12-15)30(32)33/h3-12H,2,13H2,1H3/b20-10-. The van der Waals surface area contributed by atoms with Crippen molar-refractivity contribution in [3.05, 3.63) is 100 Å². The van der Waals surface area contributed by atoms with Gasteiger partial charge in [-0.25, -0.2) is 9.79 Å². The van der Waals surface area contributed by atoms with E-state index in [4.69, 9.17) is 25.8 Å². The summed E-state index contributed by atoms with van der Waals surface area (Å²) in [5, 5.41) is 11.2. The van der Waals surface area contributed by atoms with Crippen LogP contribution in [0.15, 0.2) is 69.8 Å². The van der Waals surface area contributed by atoms with E-state index in [0.29, 0.717) is 30.3 Å². The maximum absolute atomic E-state index is 12.5. The van der Waals surface area contributed by atoms with Gasteiger partial charge in [0.05, 0.1) is 15.1 Å². The molecule has 3 aromatic carbocycles. The highest BCUT2D eigenvalue weighted by Crippen LogP contribution is 2.36. The third-order valence-corrected chi connectivity index (χ3v) is 6.87. The van der Waals surface area contributed by atoms with E-state index in [0.717, 1.165) is 13.6 Å². The number of nitro benzene ring substituents is 1. The smallest absolute Gasteiger partial charge is 0.363 e. The van der Waals surface area contributed by atoms with Crippen LogP contribution in [0.25, 0.3) is 6.08 Å². The summed E-state index contributed by atoms with van der Waals surface area (Å²) in [6.45, 7) is 2.62. The van der Waals surface area contributed by atoms with Crippen LogP contribution in [0.5, 0.6) is 11.5 Å². The molecule has 0 unspecified atom stereocenters. The number of nitro groups is 1. The molecule has 0 amide bonds. The molecule has 1 heterocycles. The van der Waals surface area contributed by atoms with Crippen LogP contribution in [0.3, 0.4) is 0 Å². The molecule has 0 spiro atoms. The maximum atomic E-state index is 12.5. The molecule has 0 atom stereocenters. The first-order valence-electron chi connectivity index (χ1n) is 10.6. The molecule has 0 N–H and O–H groups in total. The van der Waals surface area contributed by atoms with Gasteiger partial charge in [0.25, 0.3) is 5.69 Å². The molecule has 1 aliphatic heterocycles. The first kappa shape index (κ1) is 26.1. The van der Waals surface area contributed by atoms with Crippen molar-refractivity contribution in [1.82, 2.24) is 0 Å². The predicted molar refractivity (Wildman–Crippen MR) is 148 cm³/mol. The maximum Gasteiger partial charge on any atom is 0.363 e. The fraction of sp³-hybridized carbons (Fsp3) is 0.120. The lowest BCUT2D eigenvalue weighted by molar-refractivity contribution is -0.384. The van der Waals surface area contributed by atoms with Gasteiger partial charge in [0.2, 0.25) is 5.90 Å². The molecular formula is C25H17BrClIN2O6. The molecule has 4 rings (SSSR count). The lowest BCUT2D eigenvalue weighted by Gasteiger charge is -2.15. The number of benzene rings is 3. The predicted octanol–water partition coefficient (Wildman–Crippen LogP) is 6.94. The number of ether oxygens (including phenoxy) is 3. The minimum Gasteiger partial charge on any atom is -0.490 e. The average molecular weight is 684 g/mol. The molecule has 184 valence electrons. The van der Waals surface area contributed by atoms with E-state index in [2.05, 4.69) is 43.5 Å². The molecule has 11 heteroatoms. The molecule has 36 heavy (non-hydrogen) atoms. The lowest BCUT2D eigenvalue weighted by Crippen LogP contribution is -2.06. The largest absolute Gasteiger partial charge is 0.490 e. The molecule has 3 aromatic rings. The Morgan fingerprint density at radius 2 is 1.97 bits per heavy atom. The number of hydrogen-bond acceptors (Lipinski definition) is 7. The fourth-order valence-corrected chi connectivity index (χ4v) is 4.68. The van der Waals surface area contributed by atoms with E-state index in [-0.39, 0.29) is 27.9 Å². The van der Waals surface area contributed by atoms with Gasteiger partial charge in [0.1, 0.15) is 11.6 Å². The van der Waals surface area contributed by atoms with Crippen LogP contribution >= 0.6 is 50.1 Å². The number of nitrogens with zero attached hydrogens (tertiary/aromatic N) is 2. The first-order chi connectivity index (χ1) is 17.3.